The van der Waals surface area contributed by atoms with E-state index in [0.717, 1.165) is 29.5 Å². The summed E-state index contributed by atoms with van der Waals surface area (Å²) in [6.45, 7) is 4.45. The number of rotatable bonds is 3. The van der Waals surface area contributed by atoms with Gasteiger partial charge in [0.25, 0.3) is 0 Å². The quantitative estimate of drug-likeness (QED) is 0.897. The van der Waals surface area contributed by atoms with E-state index in [2.05, 4.69) is 30.9 Å². The maximum Gasteiger partial charge on any atom is 0.150 e. The zero-order chi connectivity index (χ0) is 13.3. The number of hydrogen-bond donors (Lipinski definition) is 1. The average molecular weight is 250 g/mol. The minimum atomic E-state index is 0.608. The van der Waals surface area contributed by atoms with Gasteiger partial charge in [0.1, 0.15) is 5.82 Å². The van der Waals surface area contributed by atoms with Gasteiger partial charge < -0.3 is 10.6 Å². The second-order valence-electron chi connectivity index (χ2n) is 5.70. The van der Waals surface area contributed by atoms with Crippen molar-refractivity contribution < 1.29 is 0 Å². The van der Waals surface area contributed by atoms with Crippen LogP contribution in [-0.2, 0) is 13.5 Å². The molecular formula is C14H26N4. The highest BCUT2D eigenvalue weighted by atomic mass is 15.4. The topological polar surface area (TPSA) is 47.1 Å². The molecule has 4 heteroatoms. The number of hydrogen-bond acceptors (Lipinski definition) is 3. The van der Waals surface area contributed by atoms with E-state index < -0.39 is 0 Å². The third-order valence-corrected chi connectivity index (χ3v) is 4.25. The predicted octanol–water partition coefficient (Wildman–Crippen LogP) is 2.58. The van der Waals surface area contributed by atoms with Crippen LogP contribution >= 0.6 is 0 Å². The lowest BCUT2D eigenvalue weighted by atomic mass is 9.86. The van der Waals surface area contributed by atoms with Gasteiger partial charge in [0, 0.05) is 20.1 Å². The lowest BCUT2D eigenvalue weighted by Gasteiger charge is -2.35. The number of nitrogens with two attached hydrogens (primary N) is 1. The molecule has 1 aliphatic rings. The van der Waals surface area contributed by atoms with Gasteiger partial charge in [-0.25, -0.2) is 0 Å². The van der Waals surface area contributed by atoms with Crippen LogP contribution in [0.1, 0.15) is 45.2 Å². The van der Waals surface area contributed by atoms with Gasteiger partial charge in [0.2, 0.25) is 0 Å². The zero-order valence-electron chi connectivity index (χ0n) is 12.1. The minimum Gasteiger partial charge on any atom is -0.394 e. The highest BCUT2D eigenvalue weighted by molar-refractivity contribution is 5.66. The van der Waals surface area contributed by atoms with E-state index in [1.165, 1.54) is 25.7 Å². The Morgan fingerprint density at radius 3 is 2.72 bits per heavy atom. The minimum absolute atomic E-state index is 0.608. The Labute approximate surface area is 110 Å². The Bertz CT molecular complexity index is 410. The van der Waals surface area contributed by atoms with Crippen LogP contribution in [0.15, 0.2) is 0 Å². The first kappa shape index (κ1) is 13.2. The fraction of sp³-hybridized carbons (Fsp3) is 0.786. The molecule has 0 amide bonds. The van der Waals surface area contributed by atoms with Gasteiger partial charge in [0.05, 0.1) is 11.4 Å². The van der Waals surface area contributed by atoms with Gasteiger partial charge in [-0.3, -0.25) is 4.68 Å². The Morgan fingerprint density at radius 2 is 2.17 bits per heavy atom. The van der Waals surface area contributed by atoms with Crippen LogP contribution in [0.3, 0.4) is 0 Å². The highest BCUT2D eigenvalue weighted by Crippen LogP contribution is 2.33. The average Bonchev–Trinajstić information content (AvgIpc) is 2.63. The largest absolute Gasteiger partial charge is 0.394 e. The van der Waals surface area contributed by atoms with E-state index in [9.17, 15) is 0 Å². The molecule has 0 aromatic carbocycles. The summed E-state index contributed by atoms with van der Waals surface area (Å²) in [5.74, 6) is 1.91. The van der Waals surface area contributed by atoms with Crippen LogP contribution in [-0.4, -0.2) is 22.9 Å². The van der Waals surface area contributed by atoms with E-state index in [-0.39, 0.29) is 0 Å². The monoisotopic (exact) mass is 250 g/mol. The van der Waals surface area contributed by atoms with Crippen molar-refractivity contribution in [1.29, 1.82) is 0 Å². The smallest absolute Gasteiger partial charge is 0.150 e. The normalized spacial score (nSPS) is 24.2. The molecule has 2 atom stereocenters. The van der Waals surface area contributed by atoms with Crippen LogP contribution < -0.4 is 10.6 Å². The van der Waals surface area contributed by atoms with Crippen molar-refractivity contribution in [2.24, 2.45) is 13.0 Å². The molecule has 0 bridgehead atoms. The van der Waals surface area contributed by atoms with Crippen LogP contribution in [0.4, 0.5) is 11.5 Å². The van der Waals surface area contributed by atoms with Gasteiger partial charge in [-0.05, 0) is 25.2 Å². The van der Waals surface area contributed by atoms with Crippen molar-refractivity contribution in [3.8, 4) is 0 Å². The van der Waals surface area contributed by atoms with Crippen LogP contribution in [0, 0.1) is 5.92 Å². The molecule has 0 radical (unpaired) electrons. The maximum absolute atomic E-state index is 6.23. The molecule has 1 saturated carbocycles. The summed E-state index contributed by atoms with van der Waals surface area (Å²) < 4.78 is 1.94. The fourth-order valence-corrected chi connectivity index (χ4v) is 3.19. The van der Waals surface area contributed by atoms with Crippen LogP contribution in [0.2, 0.25) is 0 Å². The zero-order valence-corrected chi connectivity index (χ0v) is 12.1. The summed E-state index contributed by atoms with van der Waals surface area (Å²) in [4.78, 5) is 2.34. The lowest BCUT2D eigenvalue weighted by Crippen LogP contribution is -2.37. The first-order valence-corrected chi connectivity index (χ1v) is 7.08. The van der Waals surface area contributed by atoms with E-state index in [0.29, 0.717) is 6.04 Å². The second kappa shape index (κ2) is 5.21. The Morgan fingerprint density at radius 1 is 1.44 bits per heavy atom. The number of anilines is 2. The van der Waals surface area contributed by atoms with Gasteiger partial charge in [0.15, 0.2) is 0 Å². The molecule has 2 rings (SSSR count). The SMILES string of the molecule is CCc1nn(C)c(N(C)C2CCCC(C)C2)c1N. The first-order chi connectivity index (χ1) is 8.54. The molecule has 102 valence electrons. The predicted molar refractivity (Wildman–Crippen MR) is 76.8 cm³/mol. The summed E-state index contributed by atoms with van der Waals surface area (Å²) >= 11 is 0. The summed E-state index contributed by atoms with van der Waals surface area (Å²) in [6.07, 6.45) is 6.13. The number of aryl methyl sites for hydroxylation is 2. The van der Waals surface area contributed by atoms with Gasteiger partial charge in [-0.1, -0.05) is 26.7 Å². The summed E-state index contributed by atoms with van der Waals surface area (Å²) in [5.41, 5.74) is 8.11. The summed E-state index contributed by atoms with van der Waals surface area (Å²) in [5, 5.41) is 4.51. The summed E-state index contributed by atoms with van der Waals surface area (Å²) in [7, 11) is 4.16. The summed E-state index contributed by atoms with van der Waals surface area (Å²) in [6, 6.07) is 0.608. The van der Waals surface area contributed by atoms with Crippen molar-refractivity contribution in [3.05, 3.63) is 5.69 Å². The van der Waals surface area contributed by atoms with Gasteiger partial charge >= 0.3 is 0 Å². The van der Waals surface area contributed by atoms with Crippen molar-refractivity contribution in [2.75, 3.05) is 17.7 Å². The fourth-order valence-electron chi connectivity index (χ4n) is 3.19. The molecule has 4 nitrogen and oxygen atoms in total. The third-order valence-electron chi connectivity index (χ3n) is 4.25. The Hall–Kier alpha value is -1.19. The van der Waals surface area contributed by atoms with E-state index >= 15 is 0 Å². The molecule has 0 spiro atoms. The highest BCUT2D eigenvalue weighted by Gasteiger charge is 2.26. The molecule has 1 heterocycles. The number of nitrogens with zero attached hydrogens (tertiary/aromatic N) is 3. The molecule has 1 aliphatic carbocycles. The van der Waals surface area contributed by atoms with Crippen molar-refractivity contribution in [3.63, 3.8) is 0 Å². The molecule has 1 aromatic heterocycles. The second-order valence-corrected chi connectivity index (χ2v) is 5.70. The van der Waals surface area contributed by atoms with Gasteiger partial charge in [-0.2, -0.15) is 5.10 Å². The molecule has 0 saturated heterocycles. The lowest BCUT2D eigenvalue weighted by molar-refractivity contribution is 0.334. The molecule has 2 unspecified atom stereocenters. The standard InChI is InChI=1S/C14H26N4/c1-5-12-13(15)14(18(4)16-12)17(3)11-8-6-7-10(2)9-11/h10-11H,5-9,15H2,1-4H3. The molecular weight excluding hydrogens is 224 g/mol. The van der Waals surface area contributed by atoms with Crippen molar-refractivity contribution in [1.82, 2.24) is 9.78 Å². The first-order valence-electron chi connectivity index (χ1n) is 7.08. The van der Waals surface area contributed by atoms with Gasteiger partial charge in [-0.15, -0.1) is 0 Å². The molecule has 1 fully saturated rings. The van der Waals surface area contributed by atoms with E-state index in [1.807, 2.05) is 11.7 Å². The third kappa shape index (κ3) is 2.33. The molecule has 1 aromatic rings. The Kier molecular flexibility index (Phi) is 3.83. The van der Waals surface area contributed by atoms with Crippen molar-refractivity contribution >= 4 is 11.5 Å². The Balaban J connectivity index is 2.22. The number of nitrogen functional groups attached to an aromatic ring is 1. The number of aromatic nitrogens is 2. The molecule has 2 N–H and O–H groups in total. The van der Waals surface area contributed by atoms with E-state index in [4.69, 9.17) is 5.73 Å². The molecule has 0 aliphatic heterocycles. The molecule has 18 heavy (non-hydrogen) atoms. The van der Waals surface area contributed by atoms with Crippen molar-refractivity contribution in [2.45, 2.75) is 52.0 Å². The van der Waals surface area contributed by atoms with Crippen LogP contribution in [0.5, 0.6) is 0 Å². The van der Waals surface area contributed by atoms with Crippen LogP contribution in [0.25, 0.3) is 0 Å². The maximum atomic E-state index is 6.23. The van der Waals surface area contributed by atoms with E-state index in [1.54, 1.807) is 0 Å².